The van der Waals surface area contributed by atoms with E-state index in [-0.39, 0.29) is 0 Å². The Labute approximate surface area is 47.0 Å². The van der Waals surface area contributed by atoms with Crippen LogP contribution in [0.25, 0.3) is 0 Å². The average Bonchev–Trinajstić information content (AvgIpc) is 1.59. The molecule has 0 aromatic heterocycles. The highest BCUT2D eigenvalue weighted by Crippen LogP contribution is 1.88. The maximum Gasteiger partial charge on any atom is 0.356 e. The first-order valence-electron chi connectivity index (χ1n) is 1.29. The highest BCUT2D eigenvalue weighted by Gasteiger charge is 1.99. The fourth-order valence-corrected chi connectivity index (χ4v) is 0.561. The van der Waals surface area contributed by atoms with Gasteiger partial charge in [0.25, 0.3) is 0 Å². The molecule has 2 N–H and O–H groups in total. The Balaban J connectivity index is 3.57. The second kappa shape index (κ2) is 3.06. The molecule has 8 heteroatoms. The molecule has 6 nitrogen and oxygen atoms in total. The number of hydrogen-bond acceptors (Lipinski definition) is 4. The van der Waals surface area contributed by atoms with E-state index in [0.29, 0.717) is 0 Å². The molecular formula is H2NO5PS. The second-order valence-electron chi connectivity index (χ2n) is 0.724. The van der Waals surface area contributed by atoms with E-state index in [2.05, 4.69) is 4.62 Å². The van der Waals surface area contributed by atoms with E-state index in [1.807, 2.05) is 0 Å². The molecule has 0 aromatic carbocycles. The molecule has 0 amide bonds. The van der Waals surface area contributed by atoms with Crippen molar-refractivity contribution in [3.05, 3.63) is 0 Å². The zero-order valence-corrected chi connectivity index (χ0v) is 5.15. The number of nitrogens with one attached hydrogen (secondary N) is 1. The molecule has 0 aliphatic rings. The number of rotatable bonds is 3. The van der Waals surface area contributed by atoms with Crippen molar-refractivity contribution in [3.63, 3.8) is 0 Å². The molecular weight excluding hydrogens is 157 g/mol. The minimum Gasteiger partial charge on any atom is -0.272 e. The van der Waals surface area contributed by atoms with Crippen molar-refractivity contribution in [2.45, 2.75) is 0 Å². The van der Waals surface area contributed by atoms with Crippen molar-refractivity contribution >= 4 is 19.0 Å². The Morgan fingerprint density at radius 2 is 2.12 bits per heavy atom. The quantitative estimate of drug-likeness (QED) is 0.329. The van der Waals surface area contributed by atoms with Crippen molar-refractivity contribution in [1.29, 1.82) is 0 Å². The van der Waals surface area contributed by atoms with Gasteiger partial charge in [0.15, 0.2) is 0 Å². The summed E-state index contributed by atoms with van der Waals surface area (Å²) >= 11 is 0. The molecule has 0 fully saturated rings. The van der Waals surface area contributed by atoms with Crippen LogP contribution in [0.4, 0.5) is 0 Å². The molecule has 0 unspecified atom stereocenters. The highest BCUT2D eigenvalue weighted by molar-refractivity contribution is 7.83. The lowest BCUT2D eigenvalue weighted by molar-refractivity contribution is 0.274. The molecule has 0 saturated carbocycles. The molecule has 8 heavy (non-hydrogen) atoms. The maximum absolute atomic E-state index is 9.57. The molecule has 0 bridgehead atoms. The summed E-state index contributed by atoms with van der Waals surface area (Å²) in [6.45, 7) is 0. The van der Waals surface area contributed by atoms with E-state index in [4.69, 9.17) is 4.55 Å². The summed E-state index contributed by atoms with van der Waals surface area (Å²) in [5, 5.41) is 0. The summed E-state index contributed by atoms with van der Waals surface area (Å²) in [5.74, 6) is 0. The Bertz CT molecular complexity index is 157. The van der Waals surface area contributed by atoms with Gasteiger partial charge in [0.2, 0.25) is 0 Å². The fraction of sp³-hybridized carbons (Fsp3) is 0. The Kier molecular flexibility index (Phi) is 3.03. The molecule has 0 atom stereocenters. The van der Waals surface area contributed by atoms with Gasteiger partial charge in [-0.2, -0.15) is 13.0 Å². The van der Waals surface area contributed by atoms with Gasteiger partial charge in [-0.05, 0) is 0 Å². The minimum atomic E-state index is -4.37. The van der Waals surface area contributed by atoms with E-state index in [9.17, 15) is 13.0 Å². The van der Waals surface area contributed by atoms with E-state index in [0.717, 1.165) is 4.89 Å². The Morgan fingerprint density at radius 1 is 1.62 bits per heavy atom. The third-order valence-electron chi connectivity index (χ3n) is 0.180. The van der Waals surface area contributed by atoms with Crippen LogP contribution in [-0.4, -0.2) is 13.0 Å². The van der Waals surface area contributed by atoms with Crippen molar-refractivity contribution in [3.8, 4) is 0 Å². The summed E-state index contributed by atoms with van der Waals surface area (Å²) in [7, 11) is -5.24. The predicted octanol–water partition coefficient (Wildman–Crippen LogP) is -0.483. The summed E-state index contributed by atoms with van der Waals surface area (Å²) in [4.78, 5) is 1.07. The first-order chi connectivity index (χ1) is 3.56. The monoisotopic (exact) mass is 159 g/mol. The van der Waals surface area contributed by atoms with Gasteiger partial charge in [0.05, 0.1) is 0 Å². The van der Waals surface area contributed by atoms with Gasteiger partial charge >= 0.3 is 19.0 Å². The lowest BCUT2D eigenvalue weighted by Crippen LogP contribution is -2.18. The summed E-state index contributed by atoms with van der Waals surface area (Å²) in [6.07, 6.45) is 0. The van der Waals surface area contributed by atoms with Gasteiger partial charge in [0.1, 0.15) is 0 Å². The van der Waals surface area contributed by atoms with Crippen LogP contribution in [0.1, 0.15) is 0 Å². The zero-order chi connectivity index (χ0) is 6.62. The molecule has 0 heterocycles. The first kappa shape index (κ1) is 7.93. The Hall–Kier alpha value is -0.0700. The third-order valence-corrected chi connectivity index (χ3v) is 0.763. The normalized spacial score (nSPS) is 12.1. The van der Waals surface area contributed by atoms with Crippen molar-refractivity contribution < 1.29 is 22.2 Å². The van der Waals surface area contributed by atoms with Crippen LogP contribution in [-0.2, 0) is 19.5 Å². The van der Waals surface area contributed by atoms with E-state index in [1.165, 1.54) is 0 Å². The van der Waals surface area contributed by atoms with Crippen molar-refractivity contribution in [1.82, 2.24) is 4.89 Å². The van der Waals surface area contributed by atoms with Crippen LogP contribution in [0.3, 0.4) is 0 Å². The molecule has 0 rings (SSSR count). The van der Waals surface area contributed by atoms with Crippen LogP contribution >= 0.6 is 8.69 Å². The van der Waals surface area contributed by atoms with Gasteiger partial charge in [0, 0.05) is 0 Å². The van der Waals surface area contributed by atoms with E-state index in [1.54, 1.807) is 0 Å². The van der Waals surface area contributed by atoms with Crippen LogP contribution in [0.15, 0.2) is 0 Å². The molecule has 0 spiro atoms. The SMILES string of the molecule is O=PONS(=O)(=O)O. The standard InChI is InChI=1S/H2NO5PS/c2-7-6-1-8(3,4)5/h1H,(H,3,4,5). The van der Waals surface area contributed by atoms with Crippen LogP contribution in [0.5, 0.6) is 0 Å². The van der Waals surface area contributed by atoms with Gasteiger partial charge in [-0.1, -0.05) is 4.89 Å². The largest absolute Gasteiger partial charge is 0.356 e. The molecule has 48 valence electrons. The zero-order valence-electron chi connectivity index (χ0n) is 3.44. The van der Waals surface area contributed by atoms with Gasteiger partial charge in [-0.3, -0.25) is 4.55 Å². The predicted molar refractivity (Wildman–Crippen MR) is 23.4 cm³/mol. The molecule has 0 aromatic rings. The maximum atomic E-state index is 9.57. The van der Waals surface area contributed by atoms with E-state index < -0.39 is 19.0 Å². The van der Waals surface area contributed by atoms with E-state index >= 15 is 0 Å². The smallest absolute Gasteiger partial charge is 0.272 e. The van der Waals surface area contributed by atoms with Crippen molar-refractivity contribution in [2.24, 2.45) is 0 Å². The summed E-state index contributed by atoms with van der Waals surface area (Å²) < 4.78 is 39.7. The molecule has 0 aliphatic carbocycles. The number of hydrogen-bond donors (Lipinski definition) is 2. The topological polar surface area (TPSA) is 92.7 Å². The summed E-state index contributed by atoms with van der Waals surface area (Å²) in [6, 6.07) is 0. The fourth-order valence-electron chi connectivity index (χ4n) is 0.0623. The second-order valence-corrected chi connectivity index (χ2v) is 2.17. The molecule has 0 saturated heterocycles. The van der Waals surface area contributed by atoms with Gasteiger partial charge in [-0.25, -0.2) is 4.57 Å². The lowest BCUT2D eigenvalue weighted by atomic mass is 13.5. The van der Waals surface area contributed by atoms with Crippen LogP contribution < -0.4 is 4.89 Å². The Morgan fingerprint density at radius 3 is 2.25 bits per heavy atom. The van der Waals surface area contributed by atoms with Crippen LogP contribution in [0, 0.1) is 0 Å². The summed E-state index contributed by atoms with van der Waals surface area (Å²) in [5.41, 5.74) is 0. The van der Waals surface area contributed by atoms with Gasteiger partial charge in [-0.15, -0.1) is 0 Å². The average molecular weight is 159 g/mol. The molecule has 0 radical (unpaired) electrons. The van der Waals surface area contributed by atoms with Crippen molar-refractivity contribution in [2.75, 3.05) is 0 Å². The minimum absolute atomic E-state index is 0.870. The highest BCUT2D eigenvalue weighted by atomic mass is 32.2. The van der Waals surface area contributed by atoms with Crippen LogP contribution in [0.2, 0.25) is 0 Å². The first-order valence-corrected chi connectivity index (χ1v) is 3.46. The van der Waals surface area contributed by atoms with Gasteiger partial charge < -0.3 is 0 Å². The third kappa shape index (κ3) is 5.93. The molecule has 0 aliphatic heterocycles. The lowest BCUT2D eigenvalue weighted by Gasteiger charge is -1.88.